The van der Waals surface area contributed by atoms with E-state index in [2.05, 4.69) is 5.32 Å². The van der Waals surface area contributed by atoms with E-state index in [1.807, 2.05) is 12.1 Å². The molecule has 2 aliphatic rings. The van der Waals surface area contributed by atoms with Gasteiger partial charge >= 0.3 is 0 Å². The molecule has 1 N–H and O–H groups in total. The van der Waals surface area contributed by atoms with Gasteiger partial charge < -0.3 is 19.5 Å². The Morgan fingerprint density at radius 2 is 2.04 bits per heavy atom. The molecule has 0 bridgehead atoms. The molecule has 1 fully saturated rings. The van der Waals surface area contributed by atoms with E-state index in [1.165, 1.54) is 6.07 Å². The summed E-state index contributed by atoms with van der Waals surface area (Å²) in [5, 5.41) is 4.06. The maximum absolute atomic E-state index is 13.8. The van der Waals surface area contributed by atoms with Crippen LogP contribution in [0, 0.1) is 11.7 Å². The lowest BCUT2D eigenvalue weighted by Gasteiger charge is -2.43. The quantitative estimate of drug-likeness (QED) is 0.804. The number of benzene rings is 2. The van der Waals surface area contributed by atoms with Gasteiger partial charge in [0.25, 0.3) is 0 Å². The molecule has 6 heteroatoms. The number of hydrogen-bond acceptors (Lipinski definition) is 4. The summed E-state index contributed by atoms with van der Waals surface area (Å²) < 4.78 is 30.6. The van der Waals surface area contributed by atoms with Crippen LogP contribution in [0.4, 0.5) is 10.1 Å². The summed E-state index contributed by atoms with van der Waals surface area (Å²) >= 11 is 6.42. The molecule has 1 saturated heterocycles. The SMILES string of the molecule is COc1cc(C2Nc3ccc(F)cc3[C@H]3OCCC[C@@H]23)cc(Cl)c1OC. The molecule has 3 atom stereocenters. The third-order valence-electron chi connectivity index (χ3n) is 5.24. The number of anilines is 1. The second-order valence-electron chi connectivity index (χ2n) is 6.69. The maximum atomic E-state index is 13.8. The fourth-order valence-electron chi connectivity index (χ4n) is 4.09. The first-order valence-corrected chi connectivity index (χ1v) is 9.09. The van der Waals surface area contributed by atoms with Gasteiger partial charge in [-0.1, -0.05) is 11.6 Å². The summed E-state index contributed by atoms with van der Waals surface area (Å²) in [7, 11) is 3.16. The van der Waals surface area contributed by atoms with Gasteiger partial charge in [0.05, 0.1) is 31.4 Å². The van der Waals surface area contributed by atoms with Crippen molar-refractivity contribution in [2.24, 2.45) is 5.92 Å². The first-order valence-electron chi connectivity index (χ1n) is 8.71. The molecule has 2 heterocycles. The fraction of sp³-hybridized carbons (Fsp3) is 0.400. The first-order chi connectivity index (χ1) is 12.6. The lowest BCUT2D eigenvalue weighted by molar-refractivity contribution is -0.0383. The molecule has 1 unspecified atom stereocenters. The van der Waals surface area contributed by atoms with Gasteiger partial charge in [0, 0.05) is 23.8 Å². The lowest BCUT2D eigenvalue weighted by Crippen LogP contribution is -2.36. The zero-order chi connectivity index (χ0) is 18.3. The van der Waals surface area contributed by atoms with Crippen molar-refractivity contribution in [3.05, 3.63) is 52.3 Å². The van der Waals surface area contributed by atoms with Crippen LogP contribution in [-0.4, -0.2) is 20.8 Å². The van der Waals surface area contributed by atoms with Crippen molar-refractivity contribution in [1.29, 1.82) is 0 Å². The summed E-state index contributed by atoms with van der Waals surface area (Å²) in [5.41, 5.74) is 2.78. The minimum Gasteiger partial charge on any atom is -0.493 e. The van der Waals surface area contributed by atoms with Crippen LogP contribution in [-0.2, 0) is 4.74 Å². The Balaban J connectivity index is 1.79. The number of halogens is 2. The monoisotopic (exact) mass is 377 g/mol. The third-order valence-corrected chi connectivity index (χ3v) is 5.52. The average Bonchev–Trinajstić information content (AvgIpc) is 2.66. The zero-order valence-corrected chi connectivity index (χ0v) is 15.5. The molecular formula is C20H21ClFNO3. The van der Waals surface area contributed by atoms with E-state index in [4.69, 9.17) is 25.8 Å². The fourth-order valence-corrected chi connectivity index (χ4v) is 4.39. The van der Waals surface area contributed by atoms with E-state index in [1.54, 1.807) is 26.4 Å². The van der Waals surface area contributed by atoms with Gasteiger partial charge in [0.15, 0.2) is 11.5 Å². The van der Waals surface area contributed by atoms with Crippen molar-refractivity contribution in [2.45, 2.75) is 25.0 Å². The molecule has 2 aromatic rings. The van der Waals surface area contributed by atoms with Gasteiger partial charge in [-0.3, -0.25) is 0 Å². The van der Waals surface area contributed by atoms with Gasteiger partial charge in [0.2, 0.25) is 0 Å². The van der Waals surface area contributed by atoms with Crippen LogP contribution in [0.3, 0.4) is 0 Å². The maximum Gasteiger partial charge on any atom is 0.179 e. The van der Waals surface area contributed by atoms with Gasteiger partial charge in [-0.05, 0) is 48.7 Å². The van der Waals surface area contributed by atoms with Crippen LogP contribution in [0.2, 0.25) is 5.02 Å². The van der Waals surface area contributed by atoms with Crippen LogP contribution in [0.15, 0.2) is 30.3 Å². The molecule has 0 aliphatic carbocycles. The van der Waals surface area contributed by atoms with Crippen molar-refractivity contribution in [1.82, 2.24) is 0 Å². The predicted octanol–water partition coefficient (Wildman–Crippen LogP) is 5.13. The second kappa shape index (κ2) is 6.97. The molecule has 138 valence electrons. The highest BCUT2D eigenvalue weighted by atomic mass is 35.5. The number of ether oxygens (including phenoxy) is 3. The van der Waals surface area contributed by atoms with Gasteiger partial charge in [-0.2, -0.15) is 0 Å². The van der Waals surface area contributed by atoms with E-state index in [9.17, 15) is 4.39 Å². The van der Waals surface area contributed by atoms with Crippen LogP contribution >= 0.6 is 11.6 Å². The highest BCUT2D eigenvalue weighted by Crippen LogP contribution is 2.50. The summed E-state index contributed by atoms with van der Waals surface area (Å²) in [5.74, 6) is 1.06. The molecule has 0 radical (unpaired) electrons. The summed E-state index contributed by atoms with van der Waals surface area (Å²) in [6.45, 7) is 0.691. The normalized spacial score (nSPS) is 24.2. The lowest BCUT2D eigenvalue weighted by atomic mass is 9.77. The Hall–Kier alpha value is -1.98. The molecule has 4 rings (SSSR count). The summed E-state index contributed by atoms with van der Waals surface area (Å²) in [6, 6.07) is 8.66. The van der Waals surface area contributed by atoms with Crippen molar-refractivity contribution >= 4 is 17.3 Å². The molecule has 2 aromatic carbocycles. The second-order valence-corrected chi connectivity index (χ2v) is 7.10. The van der Waals surface area contributed by atoms with E-state index in [0.29, 0.717) is 23.1 Å². The van der Waals surface area contributed by atoms with Crippen molar-refractivity contribution in [3.63, 3.8) is 0 Å². The van der Waals surface area contributed by atoms with Crippen LogP contribution < -0.4 is 14.8 Å². The minimum atomic E-state index is -0.244. The van der Waals surface area contributed by atoms with E-state index in [-0.39, 0.29) is 23.9 Å². The topological polar surface area (TPSA) is 39.7 Å². The number of methoxy groups -OCH3 is 2. The Morgan fingerprint density at radius 3 is 2.81 bits per heavy atom. The third kappa shape index (κ3) is 2.89. The highest BCUT2D eigenvalue weighted by Gasteiger charge is 2.40. The van der Waals surface area contributed by atoms with Crippen molar-refractivity contribution < 1.29 is 18.6 Å². The van der Waals surface area contributed by atoms with E-state index >= 15 is 0 Å². The van der Waals surface area contributed by atoms with Crippen molar-refractivity contribution in [3.8, 4) is 11.5 Å². The molecule has 0 saturated carbocycles. The molecule has 0 aromatic heterocycles. The minimum absolute atomic E-state index is 0.00410. The molecule has 26 heavy (non-hydrogen) atoms. The summed E-state index contributed by atoms with van der Waals surface area (Å²) in [6.07, 6.45) is 1.84. The summed E-state index contributed by atoms with van der Waals surface area (Å²) in [4.78, 5) is 0. The average molecular weight is 378 g/mol. The van der Waals surface area contributed by atoms with Gasteiger partial charge in [-0.25, -0.2) is 4.39 Å². The Kier molecular flexibility index (Phi) is 4.67. The first kappa shape index (κ1) is 17.4. The molecular weight excluding hydrogens is 357 g/mol. The Bertz CT molecular complexity index is 829. The number of hydrogen-bond donors (Lipinski definition) is 1. The van der Waals surface area contributed by atoms with E-state index < -0.39 is 0 Å². The predicted molar refractivity (Wildman–Crippen MR) is 98.7 cm³/mol. The Morgan fingerprint density at radius 1 is 1.19 bits per heavy atom. The Labute approximate surface area is 157 Å². The van der Waals surface area contributed by atoms with Gasteiger partial charge in [0.1, 0.15) is 5.82 Å². The zero-order valence-electron chi connectivity index (χ0n) is 14.7. The molecule has 2 aliphatic heterocycles. The highest BCUT2D eigenvalue weighted by molar-refractivity contribution is 6.32. The molecule has 0 amide bonds. The molecule has 4 nitrogen and oxygen atoms in total. The van der Waals surface area contributed by atoms with Crippen molar-refractivity contribution in [2.75, 3.05) is 26.1 Å². The smallest absolute Gasteiger partial charge is 0.179 e. The largest absolute Gasteiger partial charge is 0.493 e. The number of rotatable bonds is 3. The standard InChI is InChI=1S/C20H21ClFNO3/c1-24-17-9-11(8-15(21)20(17)25-2)18-13-4-3-7-26-19(13)14-10-12(22)5-6-16(14)23-18/h5-6,8-10,13,18-19,23H,3-4,7H2,1-2H3/t13-,18?,19-/m0/s1. The van der Waals surface area contributed by atoms with Crippen LogP contribution in [0.25, 0.3) is 0 Å². The number of fused-ring (bicyclic) bond motifs is 3. The number of nitrogens with one attached hydrogen (secondary N) is 1. The van der Waals surface area contributed by atoms with Crippen LogP contribution in [0.5, 0.6) is 11.5 Å². The molecule has 0 spiro atoms. The van der Waals surface area contributed by atoms with Crippen LogP contribution in [0.1, 0.15) is 36.1 Å². The van der Waals surface area contributed by atoms with E-state index in [0.717, 1.165) is 29.7 Å². The van der Waals surface area contributed by atoms with Gasteiger partial charge in [-0.15, -0.1) is 0 Å².